The Hall–Kier alpha value is -3.35. The zero-order valence-corrected chi connectivity index (χ0v) is 16.7. The van der Waals surface area contributed by atoms with E-state index in [9.17, 15) is 4.79 Å². The van der Waals surface area contributed by atoms with Crippen molar-refractivity contribution in [2.45, 2.75) is 20.0 Å². The molecule has 1 aliphatic rings. The van der Waals surface area contributed by atoms with Crippen molar-refractivity contribution < 1.29 is 4.79 Å². The zero-order valence-electron chi connectivity index (χ0n) is 16.7. The van der Waals surface area contributed by atoms with E-state index in [2.05, 4.69) is 36.9 Å². The molecule has 1 N–H and O–H groups in total. The second-order valence-corrected chi connectivity index (χ2v) is 7.26. The molecule has 0 aliphatic carbocycles. The van der Waals surface area contributed by atoms with E-state index in [1.54, 1.807) is 12.4 Å². The van der Waals surface area contributed by atoms with Crippen LogP contribution in [-0.2, 0) is 13.1 Å². The molecule has 3 aromatic rings. The van der Waals surface area contributed by atoms with Crippen LogP contribution in [0.4, 0.5) is 10.5 Å². The van der Waals surface area contributed by atoms with Gasteiger partial charge in [-0.15, -0.1) is 0 Å². The zero-order chi connectivity index (χ0) is 20.1. The maximum Gasteiger partial charge on any atom is 0.317 e. The summed E-state index contributed by atoms with van der Waals surface area (Å²) in [6.45, 7) is 6.40. The molecule has 2 amide bonds. The van der Waals surface area contributed by atoms with Gasteiger partial charge in [0.2, 0.25) is 0 Å². The second kappa shape index (κ2) is 8.77. The van der Waals surface area contributed by atoms with Gasteiger partial charge in [0, 0.05) is 69.7 Å². The van der Waals surface area contributed by atoms with Crippen LogP contribution in [0.5, 0.6) is 0 Å². The van der Waals surface area contributed by atoms with Crippen LogP contribution in [0.1, 0.15) is 17.0 Å². The third-order valence-electron chi connectivity index (χ3n) is 5.31. The fraction of sp³-hybridized carbons (Fsp3) is 0.318. The van der Waals surface area contributed by atoms with E-state index in [4.69, 9.17) is 0 Å². The lowest BCUT2D eigenvalue weighted by molar-refractivity contribution is 0.194. The van der Waals surface area contributed by atoms with Crippen molar-refractivity contribution >= 4 is 11.7 Å². The summed E-state index contributed by atoms with van der Waals surface area (Å²) in [5, 5.41) is 3.06. The number of carbonyl (C=O) groups excluding carboxylic acids is 1. The Labute approximate surface area is 171 Å². The van der Waals surface area contributed by atoms with Crippen molar-refractivity contribution in [2.75, 3.05) is 31.1 Å². The quantitative estimate of drug-likeness (QED) is 0.727. The van der Waals surface area contributed by atoms with Crippen molar-refractivity contribution in [1.29, 1.82) is 0 Å². The summed E-state index contributed by atoms with van der Waals surface area (Å²) < 4.78 is 2.11. The first-order chi connectivity index (χ1) is 14.2. The number of anilines is 1. The Balaban J connectivity index is 1.28. The van der Waals surface area contributed by atoms with E-state index >= 15 is 0 Å². The lowest BCUT2D eigenvalue weighted by Crippen LogP contribution is -2.51. The second-order valence-electron chi connectivity index (χ2n) is 7.26. The van der Waals surface area contributed by atoms with E-state index in [1.165, 1.54) is 5.56 Å². The number of hydrogen-bond acceptors (Lipinski definition) is 4. The van der Waals surface area contributed by atoms with Crippen LogP contribution in [0, 0.1) is 6.92 Å². The van der Waals surface area contributed by atoms with Gasteiger partial charge >= 0.3 is 6.03 Å². The number of urea groups is 1. The fourth-order valence-electron chi connectivity index (χ4n) is 3.62. The highest BCUT2D eigenvalue weighted by Crippen LogP contribution is 2.15. The molecule has 1 aromatic carbocycles. The summed E-state index contributed by atoms with van der Waals surface area (Å²) in [6, 6.07) is 12.3. The molecule has 29 heavy (non-hydrogen) atoms. The van der Waals surface area contributed by atoms with E-state index in [0.29, 0.717) is 19.6 Å². The molecule has 3 heterocycles. The summed E-state index contributed by atoms with van der Waals surface area (Å²) in [6.07, 6.45) is 7.40. The molecule has 0 radical (unpaired) electrons. The molecule has 2 aromatic heterocycles. The lowest BCUT2D eigenvalue weighted by Gasteiger charge is -2.36. The minimum Gasteiger partial charge on any atom is -0.368 e. The Kier molecular flexibility index (Phi) is 5.74. The smallest absolute Gasteiger partial charge is 0.317 e. The lowest BCUT2D eigenvalue weighted by atomic mass is 10.1. The minimum absolute atomic E-state index is 0.00441. The average Bonchev–Trinajstić information content (AvgIpc) is 3.17. The Morgan fingerprint density at radius 3 is 2.52 bits per heavy atom. The predicted octanol–water partition coefficient (Wildman–Crippen LogP) is 2.67. The third-order valence-corrected chi connectivity index (χ3v) is 5.31. The van der Waals surface area contributed by atoms with Gasteiger partial charge in [-0.25, -0.2) is 9.78 Å². The molecule has 1 saturated heterocycles. The van der Waals surface area contributed by atoms with E-state index in [-0.39, 0.29) is 6.03 Å². The summed E-state index contributed by atoms with van der Waals surface area (Å²) in [4.78, 5) is 25.1. The number of nitrogens with zero attached hydrogens (tertiary/aromatic N) is 5. The van der Waals surface area contributed by atoms with Gasteiger partial charge in [0.1, 0.15) is 5.82 Å². The van der Waals surface area contributed by atoms with Gasteiger partial charge in [-0.1, -0.05) is 24.3 Å². The number of pyridine rings is 1. The first kappa shape index (κ1) is 19.0. The predicted molar refractivity (Wildman–Crippen MR) is 113 cm³/mol. The molecule has 7 nitrogen and oxygen atoms in total. The molecule has 7 heteroatoms. The van der Waals surface area contributed by atoms with Crippen molar-refractivity contribution in [3.63, 3.8) is 0 Å². The highest BCUT2D eigenvalue weighted by atomic mass is 16.2. The SMILES string of the molecule is Cc1nccn1Cc1cccc(CNC(=O)N2CCN(c3ccncc3)CC2)c1. The molecule has 0 bridgehead atoms. The summed E-state index contributed by atoms with van der Waals surface area (Å²) in [5.74, 6) is 0.995. The molecule has 0 saturated carbocycles. The van der Waals surface area contributed by atoms with Crippen LogP contribution in [-0.4, -0.2) is 51.6 Å². The van der Waals surface area contributed by atoms with Crippen LogP contribution in [0.3, 0.4) is 0 Å². The highest BCUT2D eigenvalue weighted by molar-refractivity contribution is 5.74. The molecule has 1 aliphatic heterocycles. The number of amides is 2. The summed E-state index contributed by atoms with van der Waals surface area (Å²) in [5.41, 5.74) is 3.46. The van der Waals surface area contributed by atoms with Crippen molar-refractivity contribution in [1.82, 2.24) is 24.8 Å². The monoisotopic (exact) mass is 390 g/mol. The topological polar surface area (TPSA) is 66.3 Å². The first-order valence-electron chi connectivity index (χ1n) is 9.92. The van der Waals surface area contributed by atoms with Crippen LogP contribution in [0.25, 0.3) is 0 Å². The maximum atomic E-state index is 12.6. The van der Waals surface area contributed by atoms with Gasteiger partial charge in [0.15, 0.2) is 0 Å². The molecule has 0 spiro atoms. The maximum absolute atomic E-state index is 12.6. The number of hydrogen-bond donors (Lipinski definition) is 1. The van der Waals surface area contributed by atoms with Gasteiger partial charge in [0.05, 0.1) is 0 Å². The standard InChI is InChI=1S/C22H26N6O/c1-18-24-9-10-28(18)17-20-4-2-3-19(15-20)16-25-22(29)27-13-11-26(12-14-27)21-5-7-23-8-6-21/h2-10,15H,11-14,16-17H2,1H3,(H,25,29). The normalized spacial score (nSPS) is 14.1. The average molecular weight is 390 g/mol. The number of rotatable bonds is 5. The number of imidazole rings is 1. The Morgan fingerprint density at radius 2 is 1.79 bits per heavy atom. The van der Waals surface area contributed by atoms with E-state index < -0.39 is 0 Å². The summed E-state index contributed by atoms with van der Waals surface area (Å²) in [7, 11) is 0. The van der Waals surface area contributed by atoms with Crippen LogP contribution in [0.15, 0.2) is 61.2 Å². The third kappa shape index (κ3) is 4.74. The fourth-order valence-corrected chi connectivity index (χ4v) is 3.62. The molecule has 0 atom stereocenters. The molecule has 0 unspecified atom stereocenters. The van der Waals surface area contributed by atoms with Gasteiger partial charge < -0.3 is 19.7 Å². The number of aromatic nitrogens is 3. The number of piperazine rings is 1. The molecular weight excluding hydrogens is 364 g/mol. The Morgan fingerprint density at radius 1 is 1.03 bits per heavy atom. The van der Waals surface area contributed by atoms with Crippen molar-refractivity contribution in [3.8, 4) is 0 Å². The van der Waals surface area contributed by atoms with Crippen molar-refractivity contribution in [3.05, 3.63) is 78.1 Å². The largest absolute Gasteiger partial charge is 0.368 e. The number of aryl methyl sites for hydroxylation is 1. The molecule has 150 valence electrons. The van der Waals surface area contributed by atoms with Crippen LogP contribution >= 0.6 is 0 Å². The number of carbonyl (C=O) groups is 1. The van der Waals surface area contributed by atoms with E-state index in [0.717, 1.165) is 36.7 Å². The molecule has 4 rings (SSSR count). The first-order valence-corrected chi connectivity index (χ1v) is 9.92. The highest BCUT2D eigenvalue weighted by Gasteiger charge is 2.21. The van der Waals surface area contributed by atoms with E-state index in [1.807, 2.05) is 48.5 Å². The Bertz CT molecular complexity index is 947. The summed E-state index contributed by atoms with van der Waals surface area (Å²) >= 11 is 0. The van der Waals surface area contributed by atoms with Crippen LogP contribution < -0.4 is 10.2 Å². The molecule has 1 fully saturated rings. The van der Waals surface area contributed by atoms with Gasteiger partial charge in [0.25, 0.3) is 0 Å². The number of benzene rings is 1. The van der Waals surface area contributed by atoms with Gasteiger partial charge in [-0.3, -0.25) is 4.98 Å². The van der Waals surface area contributed by atoms with Crippen molar-refractivity contribution in [2.24, 2.45) is 0 Å². The van der Waals surface area contributed by atoms with Gasteiger partial charge in [-0.05, 0) is 30.2 Å². The minimum atomic E-state index is -0.00441. The van der Waals surface area contributed by atoms with Crippen LogP contribution in [0.2, 0.25) is 0 Å². The van der Waals surface area contributed by atoms with Gasteiger partial charge in [-0.2, -0.15) is 0 Å². The molecular formula is C22H26N6O. The number of nitrogens with one attached hydrogen (secondary N) is 1.